The van der Waals surface area contributed by atoms with E-state index in [0.717, 1.165) is 0 Å². The molecule has 1 rings (SSSR count). The molecule has 0 atom stereocenters. The molecule has 0 amide bonds. The van der Waals surface area contributed by atoms with Gasteiger partial charge in [-0.2, -0.15) is 0 Å². The highest BCUT2D eigenvalue weighted by atomic mass is 16.5. The summed E-state index contributed by atoms with van der Waals surface area (Å²) < 4.78 is 4.96. The van der Waals surface area contributed by atoms with Crippen molar-refractivity contribution >= 4 is 5.97 Å². The van der Waals surface area contributed by atoms with Gasteiger partial charge in [0.25, 0.3) is 0 Å². The standard InChI is InChI=1S/C10H10O3/c1-3-13-8-6-4-5-7(2)9(8)10(11)12/h3-6H,1H2,2H3,(H,11,12). The minimum absolute atomic E-state index is 0.183. The summed E-state index contributed by atoms with van der Waals surface area (Å²) >= 11 is 0. The molecule has 0 saturated carbocycles. The van der Waals surface area contributed by atoms with Gasteiger partial charge in [-0.05, 0) is 18.6 Å². The summed E-state index contributed by atoms with van der Waals surface area (Å²) in [5.74, 6) is -0.669. The molecule has 1 aromatic carbocycles. The number of hydrogen-bond acceptors (Lipinski definition) is 2. The molecule has 0 fully saturated rings. The van der Waals surface area contributed by atoms with Crippen LogP contribution in [0.25, 0.3) is 0 Å². The van der Waals surface area contributed by atoms with E-state index in [1.54, 1.807) is 25.1 Å². The van der Waals surface area contributed by atoms with E-state index in [-0.39, 0.29) is 5.56 Å². The minimum atomic E-state index is -0.991. The topological polar surface area (TPSA) is 46.5 Å². The Morgan fingerprint density at radius 2 is 2.31 bits per heavy atom. The SMILES string of the molecule is C=COc1cccc(C)c1C(=O)O. The summed E-state index contributed by atoms with van der Waals surface area (Å²) in [7, 11) is 0. The molecule has 3 nitrogen and oxygen atoms in total. The lowest BCUT2D eigenvalue weighted by Gasteiger charge is -2.06. The van der Waals surface area contributed by atoms with Gasteiger partial charge in [0, 0.05) is 0 Å². The average molecular weight is 178 g/mol. The molecule has 68 valence electrons. The second-order valence-electron chi connectivity index (χ2n) is 2.54. The van der Waals surface area contributed by atoms with Crippen molar-refractivity contribution in [2.45, 2.75) is 6.92 Å². The van der Waals surface area contributed by atoms with E-state index in [1.807, 2.05) is 0 Å². The van der Waals surface area contributed by atoms with Crippen LogP contribution in [0.5, 0.6) is 5.75 Å². The minimum Gasteiger partial charge on any atom is -0.478 e. The molecule has 0 radical (unpaired) electrons. The van der Waals surface area contributed by atoms with Crippen molar-refractivity contribution in [1.82, 2.24) is 0 Å². The summed E-state index contributed by atoms with van der Waals surface area (Å²) in [4.78, 5) is 10.8. The van der Waals surface area contributed by atoms with E-state index in [0.29, 0.717) is 11.3 Å². The Morgan fingerprint density at radius 3 is 2.85 bits per heavy atom. The van der Waals surface area contributed by atoms with Crippen molar-refractivity contribution in [3.63, 3.8) is 0 Å². The van der Waals surface area contributed by atoms with Gasteiger partial charge in [0.1, 0.15) is 11.3 Å². The molecule has 1 aromatic rings. The zero-order chi connectivity index (χ0) is 9.84. The van der Waals surface area contributed by atoms with E-state index >= 15 is 0 Å². The first-order valence-corrected chi connectivity index (χ1v) is 3.77. The van der Waals surface area contributed by atoms with E-state index in [9.17, 15) is 4.79 Å². The van der Waals surface area contributed by atoms with Crippen LogP contribution in [0.4, 0.5) is 0 Å². The van der Waals surface area contributed by atoms with Crippen molar-refractivity contribution < 1.29 is 14.6 Å². The average Bonchev–Trinajstić information content (AvgIpc) is 2.04. The van der Waals surface area contributed by atoms with E-state index < -0.39 is 5.97 Å². The number of hydrogen-bond donors (Lipinski definition) is 1. The fraction of sp³-hybridized carbons (Fsp3) is 0.100. The highest BCUT2D eigenvalue weighted by molar-refractivity contribution is 5.92. The molecule has 3 heteroatoms. The maximum absolute atomic E-state index is 10.8. The van der Waals surface area contributed by atoms with E-state index in [1.165, 1.54) is 6.26 Å². The molecule has 1 N–H and O–H groups in total. The number of ether oxygens (including phenoxy) is 1. The molecule has 0 aliphatic rings. The monoisotopic (exact) mass is 178 g/mol. The van der Waals surface area contributed by atoms with Gasteiger partial charge in [0.2, 0.25) is 0 Å². The second kappa shape index (κ2) is 3.76. The van der Waals surface area contributed by atoms with Crippen LogP contribution < -0.4 is 4.74 Å². The summed E-state index contributed by atoms with van der Waals surface area (Å²) in [5, 5.41) is 8.86. The maximum Gasteiger partial charge on any atom is 0.339 e. The predicted molar refractivity (Wildman–Crippen MR) is 49.0 cm³/mol. The van der Waals surface area contributed by atoms with Gasteiger partial charge in [-0.3, -0.25) is 0 Å². The first-order valence-electron chi connectivity index (χ1n) is 3.77. The largest absolute Gasteiger partial charge is 0.478 e. The van der Waals surface area contributed by atoms with Crippen LogP contribution in [0.3, 0.4) is 0 Å². The maximum atomic E-state index is 10.8. The molecular formula is C10H10O3. The number of carboxylic acid groups (broad SMARTS) is 1. The van der Waals surface area contributed by atoms with Gasteiger partial charge in [0.15, 0.2) is 0 Å². The number of aryl methyl sites for hydroxylation is 1. The number of carboxylic acids is 1. The lowest BCUT2D eigenvalue weighted by Crippen LogP contribution is -2.02. The number of rotatable bonds is 3. The van der Waals surface area contributed by atoms with Crippen LogP contribution in [0.2, 0.25) is 0 Å². The van der Waals surface area contributed by atoms with Crippen molar-refractivity contribution in [2.24, 2.45) is 0 Å². The number of aromatic carboxylic acids is 1. The molecule has 0 spiro atoms. The van der Waals surface area contributed by atoms with Gasteiger partial charge >= 0.3 is 5.97 Å². The number of carbonyl (C=O) groups is 1. The van der Waals surface area contributed by atoms with Crippen molar-refractivity contribution in [3.05, 3.63) is 42.2 Å². The Kier molecular flexibility index (Phi) is 2.69. The molecular weight excluding hydrogens is 168 g/mol. The third kappa shape index (κ3) is 1.87. The highest BCUT2D eigenvalue weighted by Crippen LogP contribution is 2.21. The molecule has 0 heterocycles. The highest BCUT2D eigenvalue weighted by Gasteiger charge is 2.12. The van der Waals surface area contributed by atoms with Crippen LogP contribution in [0.15, 0.2) is 31.0 Å². The lowest BCUT2D eigenvalue weighted by molar-refractivity contribution is 0.0693. The first kappa shape index (κ1) is 9.32. The van der Waals surface area contributed by atoms with Gasteiger partial charge in [-0.15, -0.1) is 0 Å². The third-order valence-electron chi connectivity index (χ3n) is 1.66. The zero-order valence-electron chi connectivity index (χ0n) is 7.28. The van der Waals surface area contributed by atoms with Crippen LogP contribution in [-0.2, 0) is 0 Å². The molecule has 0 aliphatic heterocycles. The quantitative estimate of drug-likeness (QED) is 0.722. The predicted octanol–water partition coefficient (Wildman–Crippen LogP) is 2.22. The molecule has 0 aromatic heterocycles. The lowest BCUT2D eigenvalue weighted by atomic mass is 10.1. The second-order valence-corrected chi connectivity index (χ2v) is 2.54. The van der Waals surface area contributed by atoms with Crippen LogP contribution in [0, 0.1) is 6.92 Å². The van der Waals surface area contributed by atoms with Crippen LogP contribution >= 0.6 is 0 Å². The van der Waals surface area contributed by atoms with Gasteiger partial charge < -0.3 is 9.84 Å². The summed E-state index contributed by atoms with van der Waals surface area (Å²) in [6.45, 7) is 5.09. The normalized spacial score (nSPS) is 9.31. The van der Waals surface area contributed by atoms with Crippen molar-refractivity contribution in [3.8, 4) is 5.75 Å². The molecule has 0 aliphatic carbocycles. The Labute approximate surface area is 76.3 Å². The van der Waals surface area contributed by atoms with Gasteiger partial charge in [-0.1, -0.05) is 18.7 Å². The van der Waals surface area contributed by atoms with Crippen LogP contribution in [0.1, 0.15) is 15.9 Å². The molecule has 0 bridgehead atoms. The summed E-state index contributed by atoms with van der Waals surface area (Å²) in [6.07, 6.45) is 1.21. The zero-order valence-corrected chi connectivity index (χ0v) is 7.28. The van der Waals surface area contributed by atoms with Gasteiger partial charge in [0.05, 0.1) is 6.26 Å². The Balaban J connectivity index is 3.25. The van der Waals surface area contributed by atoms with E-state index in [2.05, 4.69) is 6.58 Å². The third-order valence-corrected chi connectivity index (χ3v) is 1.66. The smallest absolute Gasteiger partial charge is 0.339 e. The van der Waals surface area contributed by atoms with Crippen molar-refractivity contribution in [1.29, 1.82) is 0 Å². The summed E-state index contributed by atoms with van der Waals surface area (Å²) in [6, 6.07) is 5.05. The Hall–Kier alpha value is -1.77. The number of benzene rings is 1. The first-order chi connectivity index (χ1) is 6.16. The molecule has 0 saturated heterocycles. The molecule has 13 heavy (non-hydrogen) atoms. The summed E-state index contributed by atoms with van der Waals surface area (Å²) in [5.41, 5.74) is 0.856. The Morgan fingerprint density at radius 1 is 1.62 bits per heavy atom. The van der Waals surface area contributed by atoms with E-state index in [4.69, 9.17) is 9.84 Å². The molecule has 0 unspecified atom stereocenters. The Bertz CT molecular complexity index is 342. The van der Waals surface area contributed by atoms with Crippen LogP contribution in [-0.4, -0.2) is 11.1 Å². The van der Waals surface area contributed by atoms with Gasteiger partial charge in [-0.25, -0.2) is 4.79 Å². The fourth-order valence-corrected chi connectivity index (χ4v) is 1.10. The fourth-order valence-electron chi connectivity index (χ4n) is 1.10. The van der Waals surface area contributed by atoms with Crippen molar-refractivity contribution in [2.75, 3.05) is 0 Å².